The Kier molecular flexibility index (Phi) is 5.92. The predicted molar refractivity (Wildman–Crippen MR) is 67.9 cm³/mol. The van der Waals surface area contributed by atoms with Crippen molar-refractivity contribution in [3.05, 3.63) is 30.1 Å². The quantitative estimate of drug-likeness (QED) is 0.774. The lowest BCUT2D eigenvalue weighted by Crippen LogP contribution is -2.48. The molecule has 0 aliphatic carbocycles. The third kappa shape index (κ3) is 4.85. The maximum Gasteiger partial charge on any atom is 0.328 e. The van der Waals surface area contributed by atoms with E-state index in [1.165, 1.54) is 38.3 Å². The van der Waals surface area contributed by atoms with E-state index in [9.17, 15) is 14.0 Å². The van der Waals surface area contributed by atoms with Gasteiger partial charge in [-0.2, -0.15) is 0 Å². The van der Waals surface area contributed by atoms with Gasteiger partial charge in [0.25, 0.3) is 5.91 Å². The van der Waals surface area contributed by atoms with Crippen LogP contribution < -0.4 is 10.1 Å². The molecule has 1 aromatic carbocycles. The van der Waals surface area contributed by atoms with Gasteiger partial charge >= 0.3 is 5.97 Å². The van der Waals surface area contributed by atoms with Crippen molar-refractivity contribution in [3.8, 4) is 5.75 Å². The third-order valence-electron chi connectivity index (χ3n) is 2.44. The zero-order valence-electron chi connectivity index (χ0n) is 11.1. The van der Waals surface area contributed by atoms with Gasteiger partial charge in [0.05, 0.1) is 6.61 Å². The van der Waals surface area contributed by atoms with E-state index in [-0.39, 0.29) is 6.61 Å². The molecule has 0 heterocycles. The van der Waals surface area contributed by atoms with Crippen LogP contribution in [0, 0.1) is 5.82 Å². The van der Waals surface area contributed by atoms with Crippen LogP contribution in [-0.2, 0) is 14.3 Å². The van der Waals surface area contributed by atoms with E-state index in [2.05, 4.69) is 5.32 Å². The van der Waals surface area contributed by atoms with E-state index >= 15 is 0 Å². The number of carboxylic acid groups (broad SMARTS) is 1. The zero-order chi connectivity index (χ0) is 15.1. The number of carboxylic acids is 1. The number of methoxy groups -OCH3 is 1. The Morgan fingerprint density at radius 2 is 1.95 bits per heavy atom. The first kappa shape index (κ1) is 15.9. The standard InChI is InChI=1S/C13H16FNO5/c1-8(20-10-5-3-9(14)4-6-10)12(16)15-11(7-19-2)13(17)18/h3-6,8,11H,7H2,1-2H3,(H,15,16)(H,17,18). The van der Waals surface area contributed by atoms with Gasteiger partial charge in [0.15, 0.2) is 12.1 Å². The van der Waals surface area contributed by atoms with E-state index < -0.39 is 29.8 Å². The number of hydrogen-bond donors (Lipinski definition) is 2. The van der Waals surface area contributed by atoms with Crippen molar-refractivity contribution < 1.29 is 28.6 Å². The number of rotatable bonds is 7. The van der Waals surface area contributed by atoms with Crippen LogP contribution in [0.1, 0.15) is 6.92 Å². The molecular formula is C13H16FNO5. The number of aliphatic carboxylic acids is 1. The number of ether oxygens (including phenoxy) is 2. The summed E-state index contributed by atoms with van der Waals surface area (Å²) in [6.45, 7) is 1.31. The molecule has 0 fully saturated rings. The van der Waals surface area contributed by atoms with Gasteiger partial charge in [-0.1, -0.05) is 0 Å². The Bertz CT molecular complexity index is 462. The van der Waals surface area contributed by atoms with Gasteiger partial charge in [-0.15, -0.1) is 0 Å². The highest BCUT2D eigenvalue weighted by molar-refractivity contribution is 5.86. The highest BCUT2D eigenvalue weighted by Gasteiger charge is 2.23. The van der Waals surface area contributed by atoms with Crippen molar-refractivity contribution in [1.29, 1.82) is 0 Å². The lowest BCUT2D eigenvalue weighted by molar-refractivity contribution is -0.144. The maximum absolute atomic E-state index is 12.7. The molecule has 20 heavy (non-hydrogen) atoms. The molecule has 0 spiro atoms. The highest BCUT2D eigenvalue weighted by Crippen LogP contribution is 2.13. The number of carbonyl (C=O) groups excluding carboxylic acids is 1. The fraction of sp³-hybridized carbons (Fsp3) is 0.385. The van der Waals surface area contributed by atoms with Crippen LogP contribution in [0.5, 0.6) is 5.75 Å². The van der Waals surface area contributed by atoms with Crippen LogP contribution in [-0.4, -0.2) is 42.8 Å². The van der Waals surface area contributed by atoms with E-state index in [0.717, 1.165) is 0 Å². The molecule has 1 aromatic rings. The summed E-state index contributed by atoms with van der Waals surface area (Å²) in [5.41, 5.74) is 0. The lowest BCUT2D eigenvalue weighted by atomic mass is 10.2. The minimum absolute atomic E-state index is 0.148. The molecule has 0 bridgehead atoms. The van der Waals surface area contributed by atoms with E-state index in [4.69, 9.17) is 14.6 Å². The van der Waals surface area contributed by atoms with Gasteiger partial charge in [0.1, 0.15) is 11.6 Å². The van der Waals surface area contributed by atoms with E-state index in [1.54, 1.807) is 0 Å². The first-order valence-electron chi connectivity index (χ1n) is 5.88. The van der Waals surface area contributed by atoms with Crippen LogP contribution in [0.3, 0.4) is 0 Å². The molecule has 6 nitrogen and oxygen atoms in total. The van der Waals surface area contributed by atoms with Gasteiger partial charge in [0.2, 0.25) is 0 Å². The van der Waals surface area contributed by atoms with Gasteiger partial charge in [0, 0.05) is 7.11 Å². The average Bonchev–Trinajstić information content (AvgIpc) is 2.40. The van der Waals surface area contributed by atoms with Crippen molar-refractivity contribution >= 4 is 11.9 Å². The molecule has 0 aliphatic heterocycles. The van der Waals surface area contributed by atoms with Crippen LogP contribution in [0.15, 0.2) is 24.3 Å². The number of amides is 1. The summed E-state index contributed by atoms with van der Waals surface area (Å²) in [6, 6.07) is 4.01. The molecule has 0 saturated heterocycles. The van der Waals surface area contributed by atoms with Crippen molar-refractivity contribution in [2.24, 2.45) is 0 Å². The normalized spacial score (nSPS) is 13.3. The van der Waals surface area contributed by atoms with Gasteiger partial charge in [-0.3, -0.25) is 4.79 Å². The number of halogens is 1. The summed E-state index contributed by atoms with van der Waals surface area (Å²) in [7, 11) is 1.33. The summed E-state index contributed by atoms with van der Waals surface area (Å²) in [4.78, 5) is 22.6. The molecule has 0 radical (unpaired) electrons. The molecule has 2 N–H and O–H groups in total. The summed E-state index contributed by atoms with van der Waals surface area (Å²) in [5.74, 6) is -1.90. The maximum atomic E-state index is 12.7. The lowest BCUT2D eigenvalue weighted by Gasteiger charge is -2.18. The molecule has 0 aromatic heterocycles. The second-order valence-electron chi connectivity index (χ2n) is 4.07. The Hall–Kier alpha value is -2.15. The zero-order valence-corrected chi connectivity index (χ0v) is 11.1. The predicted octanol–water partition coefficient (Wildman–Crippen LogP) is 0.809. The van der Waals surface area contributed by atoms with E-state index in [1.807, 2.05) is 0 Å². The molecular weight excluding hydrogens is 269 g/mol. The monoisotopic (exact) mass is 285 g/mol. The van der Waals surface area contributed by atoms with Crippen LogP contribution in [0.2, 0.25) is 0 Å². The van der Waals surface area contributed by atoms with Gasteiger partial charge < -0.3 is 19.9 Å². The topological polar surface area (TPSA) is 84.9 Å². The van der Waals surface area contributed by atoms with E-state index in [0.29, 0.717) is 5.75 Å². The van der Waals surface area contributed by atoms with Crippen molar-refractivity contribution in [3.63, 3.8) is 0 Å². The molecule has 1 amide bonds. The van der Waals surface area contributed by atoms with Crippen LogP contribution >= 0.6 is 0 Å². The SMILES string of the molecule is COCC(NC(=O)C(C)Oc1ccc(F)cc1)C(=O)O. The third-order valence-corrected chi connectivity index (χ3v) is 2.44. The Labute approximate surface area is 115 Å². The van der Waals surface area contributed by atoms with Gasteiger partial charge in [-0.05, 0) is 31.2 Å². The highest BCUT2D eigenvalue weighted by atomic mass is 19.1. The summed E-state index contributed by atoms with van der Waals surface area (Å²) in [5, 5.41) is 11.2. The summed E-state index contributed by atoms with van der Waals surface area (Å²) < 4.78 is 22.7. The second-order valence-corrected chi connectivity index (χ2v) is 4.07. The van der Waals surface area contributed by atoms with Crippen molar-refractivity contribution in [1.82, 2.24) is 5.32 Å². The fourth-order valence-corrected chi connectivity index (χ4v) is 1.40. The average molecular weight is 285 g/mol. The largest absolute Gasteiger partial charge is 0.481 e. The fourth-order valence-electron chi connectivity index (χ4n) is 1.40. The second kappa shape index (κ2) is 7.44. The Morgan fingerprint density at radius 1 is 1.35 bits per heavy atom. The first-order chi connectivity index (χ1) is 9.43. The van der Waals surface area contributed by atoms with Crippen LogP contribution in [0.4, 0.5) is 4.39 Å². The number of benzene rings is 1. The Balaban J connectivity index is 2.57. The minimum atomic E-state index is -1.20. The molecule has 2 unspecified atom stereocenters. The number of carbonyl (C=O) groups is 2. The van der Waals surface area contributed by atoms with Crippen molar-refractivity contribution in [2.45, 2.75) is 19.1 Å². The molecule has 0 aliphatic rings. The summed E-state index contributed by atoms with van der Waals surface area (Å²) >= 11 is 0. The molecule has 110 valence electrons. The summed E-state index contributed by atoms with van der Waals surface area (Å²) in [6.07, 6.45) is -0.917. The van der Waals surface area contributed by atoms with Gasteiger partial charge in [-0.25, -0.2) is 9.18 Å². The molecule has 7 heteroatoms. The smallest absolute Gasteiger partial charge is 0.328 e. The van der Waals surface area contributed by atoms with Crippen LogP contribution in [0.25, 0.3) is 0 Å². The molecule has 0 saturated carbocycles. The minimum Gasteiger partial charge on any atom is -0.481 e. The number of nitrogens with one attached hydrogen (secondary N) is 1. The Morgan fingerprint density at radius 3 is 2.45 bits per heavy atom. The molecule has 1 rings (SSSR count). The number of hydrogen-bond acceptors (Lipinski definition) is 4. The first-order valence-corrected chi connectivity index (χ1v) is 5.88. The molecule has 2 atom stereocenters. The van der Waals surface area contributed by atoms with Crippen molar-refractivity contribution in [2.75, 3.05) is 13.7 Å².